The second-order valence-corrected chi connectivity index (χ2v) is 4.95. The van der Waals surface area contributed by atoms with E-state index >= 15 is 0 Å². The number of halogens is 3. The lowest BCUT2D eigenvalue weighted by molar-refractivity contribution is -0.137. The first-order valence-electron chi connectivity index (χ1n) is 6.76. The van der Waals surface area contributed by atoms with Gasteiger partial charge in [-0.1, -0.05) is 6.07 Å². The number of aromatic carboxylic acids is 1. The topological polar surface area (TPSA) is 78.4 Å². The highest BCUT2D eigenvalue weighted by Gasteiger charge is 2.30. The number of hydrogen-bond donors (Lipinski definition) is 3. The van der Waals surface area contributed by atoms with Gasteiger partial charge in [-0.05, 0) is 36.4 Å². The number of carboxylic acid groups (broad SMARTS) is 1. The average Bonchev–Trinajstić information content (AvgIpc) is 2.46. The molecule has 0 radical (unpaired) electrons. The molecule has 2 rings (SSSR count). The summed E-state index contributed by atoms with van der Waals surface area (Å²) in [7, 11) is 0. The first-order valence-corrected chi connectivity index (χ1v) is 6.76. The van der Waals surface area contributed by atoms with E-state index in [1.54, 1.807) is 0 Å². The lowest BCUT2D eigenvalue weighted by Gasteiger charge is -2.14. The molecule has 126 valence electrons. The van der Waals surface area contributed by atoms with Crippen molar-refractivity contribution in [2.45, 2.75) is 13.1 Å². The fourth-order valence-corrected chi connectivity index (χ4v) is 2.04. The predicted octanol–water partition coefficient (Wildman–Crippen LogP) is 4.11. The Kier molecular flexibility index (Phi) is 4.77. The summed E-state index contributed by atoms with van der Waals surface area (Å²) in [5.41, 5.74) is -0.536. The summed E-state index contributed by atoms with van der Waals surface area (Å²) in [5, 5.41) is 14.3. The van der Waals surface area contributed by atoms with Crippen molar-refractivity contribution in [3.8, 4) is 0 Å². The first kappa shape index (κ1) is 17.3. The summed E-state index contributed by atoms with van der Waals surface area (Å²) in [6.45, 7) is 1.28. The van der Waals surface area contributed by atoms with Crippen LogP contribution in [0.2, 0.25) is 0 Å². The molecule has 0 aliphatic rings. The fourth-order valence-electron chi connectivity index (χ4n) is 2.04. The zero-order valence-corrected chi connectivity index (χ0v) is 12.4. The summed E-state index contributed by atoms with van der Waals surface area (Å²) in [6.07, 6.45) is -4.51. The van der Waals surface area contributed by atoms with Gasteiger partial charge in [0.25, 0.3) is 0 Å². The van der Waals surface area contributed by atoms with Crippen molar-refractivity contribution in [2.75, 3.05) is 10.6 Å². The van der Waals surface area contributed by atoms with Crippen LogP contribution >= 0.6 is 0 Å². The van der Waals surface area contributed by atoms with Gasteiger partial charge in [-0.25, -0.2) is 4.79 Å². The highest BCUT2D eigenvalue weighted by Crippen LogP contribution is 2.32. The number of benzene rings is 2. The van der Waals surface area contributed by atoms with E-state index in [1.165, 1.54) is 37.3 Å². The Morgan fingerprint density at radius 2 is 1.75 bits per heavy atom. The molecular weight excluding hydrogens is 325 g/mol. The van der Waals surface area contributed by atoms with Gasteiger partial charge >= 0.3 is 12.1 Å². The number of rotatable bonds is 4. The van der Waals surface area contributed by atoms with E-state index < -0.39 is 17.7 Å². The molecule has 2 aromatic carbocycles. The lowest BCUT2D eigenvalue weighted by atomic mass is 10.1. The first-order chi connectivity index (χ1) is 11.2. The van der Waals surface area contributed by atoms with Gasteiger partial charge in [-0.2, -0.15) is 13.2 Å². The Morgan fingerprint density at radius 3 is 2.33 bits per heavy atom. The predicted molar refractivity (Wildman–Crippen MR) is 82.4 cm³/mol. The van der Waals surface area contributed by atoms with Crippen LogP contribution in [0.3, 0.4) is 0 Å². The van der Waals surface area contributed by atoms with Gasteiger partial charge in [0, 0.05) is 18.3 Å². The molecule has 24 heavy (non-hydrogen) atoms. The number of alkyl halides is 3. The molecular formula is C16H13F3N2O3. The highest BCUT2D eigenvalue weighted by atomic mass is 19.4. The fraction of sp³-hybridized carbons (Fsp3) is 0.125. The van der Waals surface area contributed by atoms with Crippen LogP contribution in [0.5, 0.6) is 0 Å². The maximum Gasteiger partial charge on any atom is 0.416 e. The van der Waals surface area contributed by atoms with Crippen LogP contribution in [-0.2, 0) is 11.0 Å². The number of hydrogen-bond acceptors (Lipinski definition) is 3. The maximum absolute atomic E-state index is 12.8. The zero-order chi connectivity index (χ0) is 17.9. The Balaban J connectivity index is 2.40. The van der Waals surface area contributed by atoms with E-state index in [1.807, 2.05) is 0 Å². The number of carbonyl (C=O) groups excluding carboxylic acids is 1. The molecule has 3 N–H and O–H groups in total. The molecule has 8 heteroatoms. The molecule has 0 saturated carbocycles. The smallest absolute Gasteiger partial charge is 0.416 e. The number of amides is 1. The van der Waals surface area contributed by atoms with Crippen LogP contribution in [0.15, 0.2) is 42.5 Å². The Hall–Kier alpha value is -3.03. The van der Waals surface area contributed by atoms with Gasteiger partial charge in [0.05, 0.1) is 16.8 Å². The number of carboxylic acids is 1. The molecule has 0 aliphatic heterocycles. The maximum atomic E-state index is 12.8. The minimum absolute atomic E-state index is 0.0630. The van der Waals surface area contributed by atoms with Crippen LogP contribution in [-0.4, -0.2) is 17.0 Å². The van der Waals surface area contributed by atoms with Crippen LogP contribution in [0.1, 0.15) is 22.8 Å². The van der Waals surface area contributed by atoms with E-state index in [-0.39, 0.29) is 22.8 Å². The lowest BCUT2D eigenvalue weighted by Crippen LogP contribution is -2.09. The molecule has 0 heterocycles. The molecule has 0 saturated heterocycles. The van der Waals surface area contributed by atoms with Gasteiger partial charge in [-0.15, -0.1) is 0 Å². The molecule has 0 atom stereocenters. The summed E-state index contributed by atoms with van der Waals surface area (Å²) in [4.78, 5) is 22.3. The molecule has 5 nitrogen and oxygen atoms in total. The molecule has 0 unspecified atom stereocenters. The van der Waals surface area contributed by atoms with Crippen LogP contribution < -0.4 is 10.6 Å². The van der Waals surface area contributed by atoms with Gasteiger partial charge in [0.2, 0.25) is 5.91 Å². The SMILES string of the molecule is CC(=O)Nc1ccc(C(=O)O)c(Nc2cccc(C(F)(F)F)c2)c1. The van der Waals surface area contributed by atoms with E-state index in [0.29, 0.717) is 5.69 Å². The van der Waals surface area contributed by atoms with Crippen molar-refractivity contribution in [3.63, 3.8) is 0 Å². The van der Waals surface area contributed by atoms with Crippen molar-refractivity contribution < 1.29 is 27.9 Å². The van der Waals surface area contributed by atoms with Gasteiger partial charge < -0.3 is 15.7 Å². The number of anilines is 3. The number of carbonyl (C=O) groups is 2. The van der Waals surface area contributed by atoms with Gasteiger partial charge in [0.15, 0.2) is 0 Å². The molecule has 2 aromatic rings. The summed E-state index contributed by atoms with van der Waals surface area (Å²) in [6, 6.07) is 8.36. The highest BCUT2D eigenvalue weighted by molar-refractivity contribution is 5.97. The minimum Gasteiger partial charge on any atom is -0.478 e. The third-order valence-electron chi connectivity index (χ3n) is 3.04. The monoisotopic (exact) mass is 338 g/mol. The minimum atomic E-state index is -4.51. The van der Waals surface area contributed by atoms with Crippen LogP contribution in [0.4, 0.5) is 30.2 Å². The van der Waals surface area contributed by atoms with Crippen LogP contribution in [0, 0.1) is 0 Å². The Labute approximate surface area is 135 Å². The van der Waals surface area contributed by atoms with E-state index in [0.717, 1.165) is 12.1 Å². The van der Waals surface area contributed by atoms with Gasteiger partial charge in [0.1, 0.15) is 0 Å². The summed E-state index contributed by atoms with van der Waals surface area (Å²) < 4.78 is 38.3. The summed E-state index contributed by atoms with van der Waals surface area (Å²) in [5.74, 6) is -1.61. The van der Waals surface area contributed by atoms with Crippen molar-refractivity contribution in [3.05, 3.63) is 53.6 Å². The second-order valence-electron chi connectivity index (χ2n) is 4.95. The molecule has 0 aliphatic carbocycles. The Bertz CT molecular complexity index is 788. The van der Waals surface area contributed by atoms with E-state index in [9.17, 15) is 27.9 Å². The molecule has 0 fully saturated rings. The third-order valence-corrected chi connectivity index (χ3v) is 3.04. The van der Waals surface area contributed by atoms with Crippen molar-refractivity contribution in [1.29, 1.82) is 0 Å². The quantitative estimate of drug-likeness (QED) is 0.784. The summed E-state index contributed by atoms with van der Waals surface area (Å²) >= 11 is 0. The standard InChI is InChI=1S/C16H13F3N2O3/c1-9(22)20-12-5-6-13(15(23)24)14(8-12)21-11-4-2-3-10(7-11)16(17,18)19/h2-8,21H,1H3,(H,20,22)(H,23,24). The second kappa shape index (κ2) is 6.61. The largest absolute Gasteiger partial charge is 0.478 e. The third kappa shape index (κ3) is 4.25. The molecule has 0 spiro atoms. The van der Waals surface area contributed by atoms with Crippen LogP contribution in [0.25, 0.3) is 0 Å². The Morgan fingerprint density at radius 1 is 1.04 bits per heavy atom. The van der Waals surface area contributed by atoms with Crippen molar-refractivity contribution in [1.82, 2.24) is 0 Å². The average molecular weight is 338 g/mol. The number of nitrogens with one attached hydrogen (secondary N) is 2. The van der Waals surface area contributed by atoms with E-state index in [2.05, 4.69) is 10.6 Å². The van der Waals surface area contributed by atoms with Crippen molar-refractivity contribution >= 4 is 28.9 Å². The zero-order valence-electron chi connectivity index (χ0n) is 12.4. The van der Waals surface area contributed by atoms with Gasteiger partial charge in [-0.3, -0.25) is 4.79 Å². The molecule has 1 amide bonds. The molecule has 0 aromatic heterocycles. The van der Waals surface area contributed by atoms with E-state index in [4.69, 9.17) is 0 Å². The van der Waals surface area contributed by atoms with Crippen molar-refractivity contribution in [2.24, 2.45) is 0 Å². The normalized spacial score (nSPS) is 11.0. The molecule has 0 bridgehead atoms.